The molecule has 0 aliphatic carbocycles. The average Bonchev–Trinajstić information content (AvgIpc) is 3.39. The summed E-state index contributed by atoms with van der Waals surface area (Å²) in [6.45, 7) is 2.14. The smallest absolute Gasteiger partial charge is 0.306 e. The predicted octanol–water partition coefficient (Wildman–Crippen LogP) is 6.28. The monoisotopic (exact) mass is 466 g/mol. The summed E-state index contributed by atoms with van der Waals surface area (Å²) in [5, 5.41) is 1.53. The highest BCUT2D eigenvalue weighted by molar-refractivity contribution is 8.77. The summed E-state index contributed by atoms with van der Waals surface area (Å²) >= 11 is 0. The van der Waals surface area contributed by atoms with Crippen molar-refractivity contribution in [3.63, 3.8) is 0 Å². The lowest BCUT2D eigenvalue weighted by molar-refractivity contribution is -0.159. The van der Waals surface area contributed by atoms with Crippen LogP contribution in [-0.2, 0) is 19.1 Å². The zero-order chi connectivity index (χ0) is 20.0. The molecule has 2 fully saturated rings. The number of hydrogen-bond donors (Lipinski definition) is 0. The number of carbonyl (C=O) groups excluding carboxylic acids is 2. The molecule has 3 atom stereocenters. The van der Waals surface area contributed by atoms with Crippen LogP contribution in [0.25, 0.3) is 0 Å². The molecule has 0 aromatic carbocycles. The van der Waals surface area contributed by atoms with Gasteiger partial charge >= 0.3 is 11.9 Å². The number of hydrogen-bond acceptors (Lipinski definition) is 8. The Morgan fingerprint density at radius 3 is 1.96 bits per heavy atom. The molecule has 28 heavy (non-hydrogen) atoms. The number of unbranched alkanes of at least 4 members (excludes halogenated alkanes) is 2. The molecule has 0 aromatic heterocycles. The van der Waals surface area contributed by atoms with E-state index in [9.17, 15) is 9.59 Å². The van der Waals surface area contributed by atoms with E-state index in [0.717, 1.165) is 36.2 Å². The third-order valence-corrected chi connectivity index (χ3v) is 11.0. The summed E-state index contributed by atoms with van der Waals surface area (Å²) < 4.78 is 10.8. The minimum atomic E-state index is -0.315. The second-order valence-corrected chi connectivity index (χ2v) is 12.9. The van der Waals surface area contributed by atoms with Crippen LogP contribution in [0.4, 0.5) is 0 Å². The largest absolute Gasteiger partial charge is 0.462 e. The van der Waals surface area contributed by atoms with Crippen molar-refractivity contribution >= 4 is 55.1 Å². The second kappa shape index (κ2) is 15.2. The van der Waals surface area contributed by atoms with Crippen molar-refractivity contribution < 1.29 is 19.1 Å². The van der Waals surface area contributed by atoms with Gasteiger partial charge in [0.25, 0.3) is 0 Å². The Kier molecular flexibility index (Phi) is 13.3. The van der Waals surface area contributed by atoms with Crippen molar-refractivity contribution in [1.29, 1.82) is 0 Å². The van der Waals surface area contributed by atoms with Crippen LogP contribution >= 0.6 is 43.2 Å². The molecular weight excluding hydrogens is 432 g/mol. The third-order valence-electron chi connectivity index (χ3n) is 4.95. The Hall–Kier alpha value is 0.340. The molecule has 0 radical (unpaired) electrons. The van der Waals surface area contributed by atoms with Crippen molar-refractivity contribution in [2.45, 2.75) is 94.2 Å². The predicted molar refractivity (Wildman–Crippen MR) is 125 cm³/mol. The Morgan fingerprint density at radius 1 is 0.893 bits per heavy atom. The first-order valence-corrected chi connectivity index (χ1v) is 15.4. The second-order valence-electron chi connectivity index (χ2n) is 7.35. The maximum atomic E-state index is 12.0. The van der Waals surface area contributed by atoms with Crippen LogP contribution in [0.5, 0.6) is 0 Å². The zero-order valence-electron chi connectivity index (χ0n) is 16.9. The van der Waals surface area contributed by atoms with Gasteiger partial charge in [0.1, 0.15) is 12.7 Å². The van der Waals surface area contributed by atoms with E-state index in [1.165, 1.54) is 37.2 Å². The lowest BCUT2D eigenvalue weighted by Gasteiger charge is -2.16. The van der Waals surface area contributed by atoms with Crippen molar-refractivity contribution in [2.75, 3.05) is 18.1 Å². The SMILES string of the molecule is CCC(COC(=O)CCCCC1CCSS1)OC(=O)CCCCC1CCSS1. The summed E-state index contributed by atoms with van der Waals surface area (Å²) in [5.41, 5.74) is 0. The summed E-state index contributed by atoms with van der Waals surface area (Å²) in [5.74, 6) is 2.18. The van der Waals surface area contributed by atoms with Gasteiger partial charge in [-0.05, 0) is 44.9 Å². The molecule has 0 amide bonds. The topological polar surface area (TPSA) is 52.6 Å². The van der Waals surface area contributed by atoms with Crippen LogP contribution in [0.2, 0.25) is 0 Å². The maximum Gasteiger partial charge on any atom is 0.306 e. The number of esters is 2. The first kappa shape index (κ1) is 24.6. The molecule has 2 rings (SSSR count). The molecule has 0 bridgehead atoms. The molecule has 0 N–H and O–H groups in total. The Morgan fingerprint density at radius 2 is 1.46 bits per heavy atom. The number of rotatable bonds is 14. The fourth-order valence-corrected chi connectivity index (χ4v) is 9.20. The molecule has 0 spiro atoms. The molecule has 2 saturated heterocycles. The van der Waals surface area contributed by atoms with Gasteiger partial charge in [0, 0.05) is 34.8 Å². The highest BCUT2D eigenvalue weighted by Gasteiger charge is 2.18. The normalized spacial score (nSPS) is 22.9. The van der Waals surface area contributed by atoms with E-state index in [1.54, 1.807) is 0 Å². The summed E-state index contributed by atoms with van der Waals surface area (Å²) in [7, 11) is 7.89. The number of carbonyl (C=O) groups is 2. The van der Waals surface area contributed by atoms with E-state index in [2.05, 4.69) is 0 Å². The van der Waals surface area contributed by atoms with Gasteiger partial charge < -0.3 is 9.47 Å². The quantitative estimate of drug-likeness (QED) is 0.168. The van der Waals surface area contributed by atoms with Gasteiger partial charge in [-0.2, -0.15) is 0 Å². The minimum absolute atomic E-state index is 0.164. The molecule has 2 aliphatic heterocycles. The van der Waals surface area contributed by atoms with Gasteiger partial charge in [0.2, 0.25) is 0 Å². The maximum absolute atomic E-state index is 12.0. The van der Waals surface area contributed by atoms with Crippen molar-refractivity contribution in [3.8, 4) is 0 Å². The lowest BCUT2D eigenvalue weighted by Crippen LogP contribution is -2.24. The summed E-state index contributed by atoms with van der Waals surface area (Å²) in [4.78, 5) is 23.9. The van der Waals surface area contributed by atoms with Crippen LogP contribution in [0.15, 0.2) is 0 Å². The zero-order valence-corrected chi connectivity index (χ0v) is 20.2. The van der Waals surface area contributed by atoms with Crippen LogP contribution in [0.1, 0.15) is 77.6 Å². The van der Waals surface area contributed by atoms with Crippen LogP contribution in [-0.4, -0.2) is 46.7 Å². The average molecular weight is 467 g/mol. The number of ether oxygens (including phenoxy) is 2. The van der Waals surface area contributed by atoms with E-state index < -0.39 is 0 Å². The van der Waals surface area contributed by atoms with Gasteiger partial charge in [0.05, 0.1) is 0 Å². The van der Waals surface area contributed by atoms with Gasteiger partial charge in [-0.1, -0.05) is 62.9 Å². The molecule has 8 heteroatoms. The van der Waals surface area contributed by atoms with Gasteiger partial charge in [-0.15, -0.1) is 0 Å². The van der Waals surface area contributed by atoms with Gasteiger partial charge in [-0.3, -0.25) is 9.59 Å². The molecular formula is C20H34O4S4. The summed E-state index contributed by atoms with van der Waals surface area (Å²) in [6, 6.07) is 0. The van der Waals surface area contributed by atoms with Crippen molar-refractivity contribution in [2.24, 2.45) is 0 Å². The molecule has 0 aromatic rings. The van der Waals surface area contributed by atoms with E-state index in [4.69, 9.17) is 9.47 Å². The third kappa shape index (κ3) is 10.9. The Labute approximate surface area is 186 Å². The van der Waals surface area contributed by atoms with E-state index >= 15 is 0 Å². The Bertz CT molecular complexity index is 451. The van der Waals surface area contributed by atoms with Crippen molar-refractivity contribution in [1.82, 2.24) is 0 Å². The molecule has 2 aliphatic rings. The van der Waals surface area contributed by atoms with E-state index in [1.807, 2.05) is 50.1 Å². The first-order valence-electron chi connectivity index (χ1n) is 10.6. The summed E-state index contributed by atoms with van der Waals surface area (Å²) in [6.07, 6.45) is 10.2. The molecule has 0 saturated carbocycles. The lowest BCUT2D eigenvalue weighted by atomic mass is 10.1. The van der Waals surface area contributed by atoms with Crippen LogP contribution in [0, 0.1) is 0 Å². The molecule has 162 valence electrons. The fraction of sp³-hybridized carbons (Fsp3) is 0.900. The highest BCUT2D eigenvalue weighted by atomic mass is 33.1. The fourth-order valence-electron chi connectivity index (χ4n) is 3.15. The first-order chi connectivity index (χ1) is 13.7. The van der Waals surface area contributed by atoms with Crippen LogP contribution < -0.4 is 0 Å². The van der Waals surface area contributed by atoms with Crippen LogP contribution in [0.3, 0.4) is 0 Å². The minimum Gasteiger partial charge on any atom is -0.462 e. The van der Waals surface area contributed by atoms with E-state index in [0.29, 0.717) is 19.3 Å². The molecule has 3 unspecified atom stereocenters. The van der Waals surface area contributed by atoms with E-state index in [-0.39, 0.29) is 24.6 Å². The van der Waals surface area contributed by atoms with Gasteiger partial charge in [0.15, 0.2) is 0 Å². The van der Waals surface area contributed by atoms with Crippen molar-refractivity contribution in [3.05, 3.63) is 0 Å². The molecule has 4 nitrogen and oxygen atoms in total. The van der Waals surface area contributed by atoms with Gasteiger partial charge in [-0.25, -0.2) is 0 Å². The standard InChI is InChI=1S/C20H34O4S4/c1-2-16(24-20(22)10-6-4-8-18-12-14-26-28-18)15-23-19(21)9-5-3-7-17-11-13-25-27-17/h16-18H,2-15H2,1H3. The molecule has 2 heterocycles. The Balaban J connectivity index is 1.46. The highest BCUT2D eigenvalue weighted by Crippen LogP contribution is 2.40.